The van der Waals surface area contributed by atoms with E-state index < -0.39 is 5.60 Å². The summed E-state index contributed by atoms with van der Waals surface area (Å²) in [5.74, 6) is 0.141. The highest BCUT2D eigenvalue weighted by Crippen LogP contribution is 2.23. The van der Waals surface area contributed by atoms with Crippen molar-refractivity contribution in [1.29, 1.82) is 0 Å². The van der Waals surface area contributed by atoms with Crippen LogP contribution in [0.4, 0.5) is 4.79 Å². The molecule has 1 aliphatic heterocycles. The van der Waals surface area contributed by atoms with Gasteiger partial charge in [-0.15, -0.1) is 0 Å². The van der Waals surface area contributed by atoms with E-state index in [4.69, 9.17) is 4.74 Å². The van der Waals surface area contributed by atoms with Crippen LogP contribution in [0.2, 0.25) is 0 Å². The number of allylic oxidation sites excluding steroid dienone is 1. The first kappa shape index (κ1) is 15.5. The summed E-state index contributed by atoms with van der Waals surface area (Å²) in [6.07, 6.45) is 1.34. The van der Waals surface area contributed by atoms with Gasteiger partial charge in [-0.2, -0.15) is 0 Å². The molecule has 2 amide bonds. The van der Waals surface area contributed by atoms with E-state index in [2.05, 4.69) is 11.9 Å². The van der Waals surface area contributed by atoms with E-state index in [0.717, 1.165) is 18.5 Å². The number of rotatable bonds is 2. The monoisotopic (exact) mass is 268 g/mol. The molecular formula is C14H24N2O3. The lowest BCUT2D eigenvalue weighted by Crippen LogP contribution is -2.42. The summed E-state index contributed by atoms with van der Waals surface area (Å²) in [5, 5.41) is 2.73. The second-order valence-electron chi connectivity index (χ2n) is 5.95. The minimum absolute atomic E-state index is 0.0976. The maximum absolute atomic E-state index is 11.9. The molecule has 0 unspecified atom stereocenters. The van der Waals surface area contributed by atoms with Gasteiger partial charge in [-0.25, -0.2) is 4.79 Å². The molecule has 1 saturated heterocycles. The lowest BCUT2D eigenvalue weighted by Gasteiger charge is -2.34. The summed E-state index contributed by atoms with van der Waals surface area (Å²) in [4.78, 5) is 24.6. The molecular weight excluding hydrogens is 244 g/mol. The van der Waals surface area contributed by atoms with Gasteiger partial charge in [0.1, 0.15) is 5.60 Å². The maximum Gasteiger partial charge on any atom is 0.410 e. The Bertz CT molecular complexity index is 363. The molecule has 0 atom stereocenters. The van der Waals surface area contributed by atoms with Gasteiger partial charge in [0.05, 0.1) is 0 Å². The third-order valence-corrected chi connectivity index (χ3v) is 2.98. The van der Waals surface area contributed by atoms with Gasteiger partial charge in [0.2, 0.25) is 5.91 Å². The number of hydrogen-bond donors (Lipinski definition) is 1. The van der Waals surface area contributed by atoms with Gasteiger partial charge in [-0.3, -0.25) is 4.79 Å². The van der Waals surface area contributed by atoms with Crippen LogP contribution < -0.4 is 5.32 Å². The molecule has 0 saturated carbocycles. The van der Waals surface area contributed by atoms with E-state index in [1.165, 1.54) is 6.92 Å². The first-order valence-electron chi connectivity index (χ1n) is 6.63. The van der Waals surface area contributed by atoms with Crippen LogP contribution in [0.1, 0.15) is 40.5 Å². The van der Waals surface area contributed by atoms with Crippen LogP contribution in [0.15, 0.2) is 12.3 Å². The summed E-state index contributed by atoms with van der Waals surface area (Å²) < 4.78 is 5.33. The number of nitrogens with one attached hydrogen (secondary N) is 1. The Kier molecular flexibility index (Phi) is 4.97. The third-order valence-electron chi connectivity index (χ3n) is 2.98. The molecule has 5 nitrogen and oxygen atoms in total. The molecule has 0 bridgehead atoms. The first-order valence-corrected chi connectivity index (χ1v) is 6.63. The molecule has 0 aliphatic carbocycles. The normalized spacial score (nSPS) is 16.9. The van der Waals surface area contributed by atoms with Crippen molar-refractivity contribution in [3.63, 3.8) is 0 Å². The maximum atomic E-state index is 11.9. The quantitative estimate of drug-likeness (QED) is 0.836. The van der Waals surface area contributed by atoms with Gasteiger partial charge < -0.3 is 15.0 Å². The number of piperidine rings is 1. The van der Waals surface area contributed by atoms with Gasteiger partial charge in [-0.1, -0.05) is 6.58 Å². The highest BCUT2D eigenvalue weighted by Gasteiger charge is 2.27. The van der Waals surface area contributed by atoms with Crippen molar-refractivity contribution in [2.24, 2.45) is 5.92 Å². The third kappa shape index (κ3) is 5.32. The fraction of sp³-hybridized carbons (Fsp3) is 0.714. The number of ether oxygens (including phenoxy) is 1. The van der Waals surface area contributed by atoms with Crippen LogP contribution in [0.3, 0.4) is 0 Å². The van der Waals surface area contributed by atoms with Crippen molar-refractivity contribution in [3.05, 3.63) is 12.3 Å². The van der Waals surface area contributed by atoms with E-state index in [9.17, 15) is 9.59 Å². The topological polar surface area (TPSA) is 58.6 Å². The molecule has 1 fully saturated rings. The molecule has 0 radical (unpaired) electrons. The Balaban J connectivity index is 2.42. The Hall–Kier alpha value is -1.52. The molecule has 19 heavy (non-hydrogen) atoms. The van der Waals surface area contributed by atoms with Crippen LogP contribution >= 0.6 is 0 Å². The number of hydrogen-bond acceptors (Lipinski definition) is 3. The summed E-state index contributed by atoms with van der Waals surface area (Å²) in [6, 6.07) is 0. The number of amides is 2. The number of likely N-dealkylation sites (tertiary alicyclic amines) is 1. The van der Waals surface area contributed by atoms with Gasteiger partial charge in [-0.05, 0) is 33.6 Å². The van der Waals surface area contributed by atoms with Crippen molar-refractivity contribution in [2.45, 2.75) is 46.1 Å². The largest absolute Gasteiger partial charge is 0.444 e. The first-order chi connectivity index (χ1) is 8.69. The van der Waals surface area contributed by atoms with Crippen LogP contribution in [0, 0.1) is 5.92 Å². The van der Waals surface area contributed by atoms with E-state index in [1.54, 1.807) is 4.90 Å². The molecule has 1 rings (SSSR count). The summed E-state index contributed by atoms with van der Waals surface area (Å²) in [7, 11) is 0. The standard InChI is InChI=1S/C14H24N2O3/c1-10(15-11(2)17)12-6-8-16(9-7-12)13(18)19-14(3,4)5/h12H,1,6-9H2,2-5H3,(H,15,17). The lowest BCUT2D eigenvalue weighted by atomic mass is 9.94. The van der Waals surface area contributed by atoms with E-state index >= 15 is 0 Å². The zero-order valence-electron chi connectivity index (χ0n) is 12.3. The smallest absolute Gasteiger partial charge is 0.410 e. The summed E-state index contributed by atoms with van der Waals surface area (Å²) in [5.41, 5.74) is 0.282. The van der Waals surface area contributed by atoms with Crippen molar-refractivity contribution in [1.82, 2.24) is 10.2 Å². The highest BCUT2D eigenvalue weighted by molar-refractivity contribution is 5.74. The fourth-order valence-corrected chi connectivity index (χ4v) is 2.07. The predicted molar refractivity (Wildman–Crippen MR) is 73.5 cm³/mol. The lowest BCUT2D eigenvalue weighted by molar-refractivity contribution is -0.118. The van der Waals surface area contributed by atoms with Crippen LogP contribution in [0.25, 0.3) is 0 Å². The molecule has 0 aromatic heterocycles. The minimum Gasteiger partial charge on any atom is -0.444 e. The average Bonchev–Trinajstić information content (AvgIpc) is 2.26. The van der Waals surface area contributed by atoms with Gasteiger partial charge in [0, 0.05) is 31.6 Å². The van der Waals surface area contributed by atoms with Gasteiger partial charge in [0.25, 0.3) is 0 Å². The van der Waals surface area contributed by atoms with Crippen molar-refractivity contribution in [3.8, 4) is 0 Å². The van der Waals surface area contributed by atoms with Crippen LogP contribution in [0.5, 0.6) is 0 Å². The van der Waals surface area contributed by atoms with Crippen molar-refractivity contribution in [2.75, 3.05) is 13.1 Å². The molecule has 0 aromatic rings. The number of carbonyl (C=O) groups excluding carboxylic acids is 2. The van der Waals surface area contributed by atoms with Crippen molar-refractivity contribution < 1.29 is 14.3 Å². The summed E-state index contributed by atoms with van der Waals surface area (Å²) >= 11 is 0. The second-order valence-corrected chi connectivity index (χ2v) is 5.95. The number of carbonyl (C=O) groups is 2. The fourth-order valence-electron chi connectivity index (χ4n) is 2.07. The number of nitrogens with zero attached hydrogens (tertiary/aromatic N) is 1. The van der Waals surface area contributed by atoms with E-state index in [0.29, 0.717) is 13.1 Å². The predicted octanol–water partition coefficient (Wildman–Crippen LogP) is 2.28. The average molecular weight is 268 g/mol. The molecule has 5 heteroatoms. The molecule has 1 N–H and O–H groups in total. The van der Waals surface area contributed by atoms with Crippen molar-refractivity contribution >= 4 is 12.0 Å². The van der Waals surface area contributed by atoms with Crippen LogP contribution in [-0.4, -0.2) is 35.6 Å². The molecule has 108 valence electrons. The van der Waals surface area contributed by atoms with Crippen LogP contribution in [-0.2, 0) is 9.53 Å². The molecule has 0 spiro atoms. The highest BCUT2D eigenvalue weighted by atomic mass is 16.6. The van der Waals surface area contributed by atoms with E-state index in [-0.39, 0.29) is 17.9 Å². The Labute approximate surface area is 115 Å². The molecule has 0 aromatic carbocycles. The molecule has 1 aliphatic rings. The van der Waals surface area contributed by atoms with Gasteiger partial charge in [0.15, 0.2) is 0 Å². The summed E-state index contributed by atoms with van der Waals surface area (Å²) in [6.45, 7) is 12.2. The van der Waals surface area contributed by atoms with E-state index in [1.807, 2.05) is 20.8 Å². The van der Waals surface area contributed by atoms with Gasteiger partial charge >= 0.3 is 6.09 Å². The molecule has 1 heterocycles. The minimum atomic E-state index is -0.465. The SMILES string of the molecule is C=C(NC(C)=O)C1CCN(C(=O)OC(C)(C)C)CC1. The second kappa shape index (κ2) is 6.08. The Morgan fingerprint density at radius 2 is 1.79 bits per heavy atom. The Morgan fingerprint density at radius 3 is 2.21 bits per heavy atom. The Morgan fingerprint density at radius 1 is 1.26 bits per heavy atom. The zero-order chi connectivity index (χ0) is 14.6. The zero-order valence-corrected chi connectivity index (χ0v) is 12.3.